The molecule has 6 heteroatoms. The van der Waals surface area contributed by atoms with Gasteiger partial charge in [0.2, 0.25) is 5.91 Å². The van der Waals surface area contributed by atoms with E-state index >= 15 is 0 Å². The second kappa shape index (κ2) is 7.15. The zero-order chi connectivity index (χ0) is 17.3. The first-order chi connectivity index (χ1) is 11.5. The predicted octanol–water partition coefficient (Wildman–Crippen LogP) is 1.95. The molecule has 0 aromatic heterocycles. The first-order valence-electron chi connectivity index (χ1n) is 8.60. The topological polar surface area (TPSA) is 26.8 Å². The van der Waals surface area contributed by atoms with Crippen LogP contribution in [0.2, 0.25) is 0 Å². The smallest absolute Gasteiger partial charge is 0.219 e. The Morgan fingerprint density at radius 1 is 1.17 bits per heavy atom. The standard InChI is InChI=1S/C18H25F2N3O/c1-13-10-21(11-15-4-3-5-16(19)18(15)20)12-17(13)23-8-6-22(7-9-23)14(2)24/h3-5,13,17H,6-12H2,1-2H3/t13-,17+/m1/s1. The van der Waals surface area contributed by atoms with Gasteiger partial charge in [-0.2, -0.15) is 0 Å². The van der Waals surface area contributed by atoms with Gasteiger partial charge in [-0.3, -0.25) is 14.6 Å². The first kappa shape index (κ1) is 17.3. The SMILES string of the molecule is CC(=O)N1CCN([C@H]2CN(Cc3cccc(F)c3F)C[C@H]2C)CC1. The molecule has 2 fully saturated rings. The van der Waals surface area contributed by atoms with Crippen molar-refractivity contribution in [1.29, 1.82) is 0 Å². The van der Waals surface area contributed by atoms with Crippen molar-refractivity contribution in [2.45, 2.75) is 26.4 Å². The van der Waals surface area contributed by atoms with Crippen molar-refractivity contribution in [3.63, 3.8) is 0 Å². The Labute approximate surface area is 142 Å². The summed E-state index contributed by atoms with van der Waals surface area (Å²) in [6, 6.07) is 4.78. The molecule has 1 aromatic carbocycles. The molecule has 4 nitrogen and oxygen atoms in total. The largest absolute Gasteiger partial charge is 0.340 e. The zero-order valence-electron chi connectivity index (χ0n) is 14.3. The molecular formula is C18H25F2N3O. The number of benzene rings is 1. The molecule has 2 saturated heterocycles. The van der Waals surface area contributed by atoms with E-state index in [1.807, 2.05) is 4.90 Å². The maximum Gasteiger partial charge on any atom is 0.219 e. The van der Waals surface area contributed by atoms with Crippen LogP contribution in [0.5, 0.6) is 0 Å². The minimum atomic E-state index is -0.781. The van der Waals surface area contributed by atoms with Gasteiger partial charge in [0.25, 0.3) is 0 Å². The molecule has 0 spiro atoms. The maximum absolute atomic E-state index is 13.9. The van der Waals surface area contributed by atoms with Crippen LogP contribution in [0.1, 0.15) is 19.4 Å². The molecular weight excluding hydrogens is 312 g/mol. The van der Waals surface area contributed by atoms with Gasteiger partial charge in [-0.1, -0.05) is 19.1 Å². The monoisotopic (exact) mass is 337 g/mol. The van der Waals surface area contributed by atoms with E-state index < -0.39 is 11.6 Å². The Hall–Kier alpha value is -1.53. The van der Waals surface area contributed by atoms with Gasteiger partial charge in [-0.05, 0) is 12.0 Å². The van der Waals surface area contributed by atoms with E-state index in [9.17, 15) is 13.6 Å². The van der Waals surface area contributed by atoms with Gasteiger partial charge in [0.15, 0.2) is 11.6 Å². The van der Waals surface area contributed by atoms with Crippen LogP contribution in [0.3, 0.4) is 0 Å². The van der Waals surface area contributed by atoms with Crippen molar-refractivity contribution >= 4 is 5.91 Å². The second-order valence-electron chi connectivity index (χ2n) is 6.99. The van der Waals surface area contributed by atoms with Gasteiger partial charge in [0.1, 0.15) is 0 Å². The number of carbonyl (C=O) groups excluding carboxylic acids is 1. The van der Waals surface area contributed by atoms with Crippen molar-refractivity contribution in [3.8, 4) is 0 Å². The molecule has 2 heterocycles. The highest BCUT2D eigenvalue weighted by atomic mass is 19.2. The van der Waals surface area contributed by atoms with Crippen LogP contribution < -0.4 is 0 Å². The number of hydrogen-bond donors (Lipinski definition) is 0. The third kappa shape index (κ3) is 3.59. The number of carbonyl (C=O) groups is 1. The second-order valence-corrected chi connectivity index (χ2v) is 6.99. The van der Waals surface area contributed by atoms with E-state index in [0.29, 0.717) is 24.1 Å². The number of rotatable bonds is 3. The van der Waals surface area contributed by atoms with Crippen molar-refractivity contribution in [3.05, 3.63) is 35.4 Å². The number of nitrogens with zero attached hydrogens (tertiary/aromatic N) is 3. The maximum atomic E-state index is 13.9. The normalized spacial score (nSPS) is 26.1. The average Bonchev–Trinajstić information content (AvgIpc) is 2.92. The zero-order valence-corrected chi connectivity index (χ0v) is 14.3. The van der Waals surface area contributed by atoms with Gasteiger partial charge in [-0.15, -0.1) is 0 Å². The Morgan fingerprint density at radius 2 is 1.88 bits per heavy atom. The van der Waals surface area contributed by atoms with Crippen LogP contribution in [-0.4, -0.2) is 65.9 Å². The van der Waals surface area contributed by atoms with Crippen LogP contribution in [0.25, 0.3) is 0 Å². The summed E-state index contributed by atoms with van der Waals surface area (Å²) in [7, 11) is 0. The molecule has 0 N–H and O–H groups in total. The first-order valence-corrected chi connectivity index (χ1v) is 8.60. The Morgan fingerprint density at radius 3 is 2.54 bits per heavy atom. The molecule has 0 bridgehead atoms. The van der Waals surface area contributed by atoms with Crippen LogP contribution in [-0.2, 0) is 11.3 Å². The highest BCUT2D eigenvalue weighted by Crippen LogP contribution is 2.25. The summed E-state index contributed by atoms with van der Waals surface area (Å²) in [6.45, 7) is 9.33. The molecule has 0 saturated carbocycles. The van der Waals surface area contributed by atoms with Gasteiger partial charge < -0.3 is 4.90 Å². The fourth-order valence-electron chi connectivity index (χ4n) is 3.93. The van der Waals surface area contributed by atoms with Crippen LogP contribution in [0.4, 0.5) is 8.78 Å². The third-order valence-electron chi connectivity index (χ3n) is 5.30. The van der Waals surface area contributed by atoms with Crippen molar-refractivity contribution in [2.75, 3.05) is 39.3 Å². The van der Waals surface area contributed by atoms with E-state index in [1.165, 1.54) is 0 Å². The lowest BCUT2D eigenvalue weighted by molar-refractivity contribution is -0.130. The van der Waals surface area contributed by atoms with Crippen LogP contribution in [0.15, 0.2) is 18.2 Å². The van der Waals surface area contributed by atoms with E-state index in [4.69, 9.17) is 0 Å². The lowest BCUT2D eigenvalue weighted by Gasteiger charge is -2.39. The number of halogens is 2. The van der Waals surface area contributed by atoms with E-state index in [1.54, 1.807) is 19.1 Å². The summed E-state index contributed by atoms with van der Waals surface area (Å²) in [5.41, 5.74) is 0.421. The average molecular weight is 337 g/mol. The molecule has 0 radical (unpaired) electrons. The quantitative estimate of drug-likeness (QED) is 0.843. The molecule has 24 heavy (non-hydrogen) atoms. The molecule has 2 aliphatic rings. The molecule has 0 unspecified atom stereocenters. The number of likely N-dealkylation sites (tertiary alicyclic amines) is 1. The Bertz CT molecular complexity index is 602. The molecule has 1 aromatic rings. The van der Waals surface area contributed by atoms with Crippen LogP contribution >= 0.6 is 0 Å². The number of piperazine rings is 1. The highest BCUT2D eigenvalue weighted by Gasteiger charge is 2.35. The molecule has 0 aliphatic carbocycles. The Balaban J connectivity index is 1.59. The summed E-state index contributed by atoms with van der Waals surface area (Å²) < 4.78 is 27.2. The molecule has 132 valence electrons. The molecule has 1 amide bonds. The summed E-state index contributed by atoms with van der Waals surface area (Å²) in [6.07, 6.45) is 0. The van der Waals surface area contributed by atoms with Gasteiger partial charge in [-0.25, -0.2) is 8.78 Å². The van der Waals surface area contributed by atoms with Gasteiger partial charge in [0.05, 0.1) is 0 Å². The minimum Gasteiger partial charge on any atom is -0.340 e. The van der Waals surface area contributed by atoms with E-state index in [2.05, 4.69) is 16.7 Å². The number of hydrogen-bond acceptors (Lipinski definition) is 3. The van der Waals surface area contributed by atoms with Crippen molar-refractivity contribution in [1.82, 2.24) is 14.7 Å². The van der Waals surface area contributed by atoms with E-state index in [-0.39, 0.29) is 5.91 Å². The minimum absolute atomic E-state index is 0.136. The third-order valence-corrected chi connectivity index (χ3v) is 5.30. The summed E-state index contributed by atoms with van der Waals surface area (Å²) in [5, 5.41) is 0. The van der Waals surface area contributed by atoms with Gasteiger partial charge >= 0.3 is 0 Å². The number of amides is 1. The van der Waals surface area contributed by atoms with Crippen molar-refractivity contribution in [2.24, 2.45) is 5.92 Å². The summed E-state index contributed by atoms with van der Waals surface area (Å²) >= 11 is 0. The van der Waals surface area contributed by atoms with Gasteiger partial charge in [0, 0.05) is 64.3 Å². The van der Waals surface area contributed by atoms with Crippen LogP contribution in [0, 0.1) is 17.6 Å². The molecule has 3 rings (SSSR count). The van der Waals surface area contributed by atoms with E-state index in [0.717, 1.165) is 45.3 Å². The Kier molecular flexibility index (Phi) is 5.15. The highest BCUT2D eigenvalue weighted by molar-refractivity contribution is 5.73. The lowest BCUT2D eigenvalue weighted by atomic mass is 10.0. The lowest BCUT2D eigenvalue weighted by Crippen LogP contribution is -2.53. The predicted molar refractivity (Wildman–Crippen MR) is 88.4 cm³/mol. The summed E-state index contributed by atoms with van der Waals surface area (Å²) in [5.74, 6) is -0.900. The fourth-order valence-corrected chi connectivity index (χ4v) is 3.93. The fraction of sp³-hybridized carbons (Fsp3) is 0.611. The molecule has 2 atom stereocenters. The van der Waals surface area contributed by atoms with Crippen molar-refractivity contribution < 1.29 is 13.6 Å². The molecule has 2 aliphatic heterocycles. The summed E-state index contributed by atoms with van der Waals surface area (Å²) in [4.78, 5) is 18.0.